The van der Waals surface area contributed by atoms with Crippen LogP contribution in [-0.4, -0.2) is 86.3 Å². The van der Waals surface area contributed by atoms with Gasteiger partial charge in [0.1, 0.15) is 35.6 Å². The SMILES string of the molecule is CC(=O)O[C@@]1(C)CC[C@]2(O)C(C)=CO[C@@H](O[C@H]3O[C@H](CO)[C@@H](O)[C@H](O)[C@@H]3O)[C@H]12. The topological polar surface area (TPSA) is 155 Å². The molecule has 3 aliphatic rings. The molecule has 0 spiro atoms. The van der Waals surface area contributed by atoms with Crippen molar-refractivity contribution in [3.63, 3.8) is 0 Å². The first-order valence-corrected chi connectivity index (χ1v) is 9.24. The van der Waals surface area contributed by atoms with Crippen LogP contribution >= 0.6 is 0 Å². The van der Waals surface area contributed by atoms with Gasteiger partial charge in [0.25, 0.3) is 0 Å². The smallest absolute Gasteiger partial charge is 0.303 e. The van der Waals surface area contributed by atoms with Gasteiger partial charge in [0.2, 0.25) is 6.29 Å². The summed E-state index contributed by atoms with van der Waals surface area (Å²) in [5.41, 5.74) is -1.92. The molecule has 2 fully saturated rings. The summed E-state index contributed by atoms with van der Waals surface area (Å²) in [5.74, 6) is -1.35. The molecule has 2 heterocycles. The number of rotatable bonds is 4. The first-order chi connectivity index (χ1) is 13.0. The fourth-order valence-corrected chi connectivity index (χ4v) is 4.43. The quantitative estimate of drug-likeness (QED) is 0.351. The molecular weight excluding hydrogens is 376 g/mol. The van der Waals surface area contributed by atoms with Crippen LogP contribution in [0, 0.1) is 5.92 Å². The normalized spacial score (nSPS) is 48.4. The van der Waals surface area contributed by atoms with Crippen molar-refractivity contribution in [2.24, 2.45) is 5.92 Å². The molecule has 0 bridgehead atoms. The van der Waals surface area contributed by atoms with Gasteiger partial charge in [-0.25, -0.2) is 0 Å². The van der Waals surface area contributed by atoms with Gasteiger partial charge < -0.3 is 44.5 Å². The third kappa shape index (κ3) is 3.43. The summed E-state index contributed by atoms with van der Waals surface area (Å²) >= 11 is 0. The van der Waals surface area contributed by atoms with E-state index >= 15 is 0 Å². The van der Waals surface area contributed by atoms with Gasteiger partial charge in [-0.2, -0.15) is 0 Å². The van der Waals surface area contributed by atoms with Crippen LogP contribution in [0.15, 0.2) is 11.8 Å². The second-order valence-corrected chi connectivity index (χ2v) is 7.95. The van der Waals surface area contributed by atoms with Crippen LogP contribution in [0.5, 0.6) is 0 Å². The molecule has 0 aromatic rings. The molecule has 10 heteroatoms. The minimum absolute atomic E-state index is 0.307. The maximum atomic E-state index is 11.6. The Morgan fingerprint density at radius 2 is 1.89 bits per heavy atom. The Hall–Kier alpha value is -1.27. The highest BCUT2D eigenvalue weighted by Gasteiger charge is 2.63. The van der Waals surface area contributed by atoms with E-state index in [0.717, 1.165) is 0 Å². The molecule has 2 aliphatic heterocycles. The Bertz CT molecular complexity index is 636. The molecule has 28 heavy (non-hydrogen) atoms. The average Bonchev–Trinajstić information content (AvgIpc) is 2.90. The lowest BCUT2D eigenvalue weighted by molar-refractivity contribution is -0.351. The number of esters is 1. The molecule has 5 N–H and O–H groups in total. The highest BCUT2D eigenvalue weighted by molar-refractivity contribution is 5.66. The van der Waals surface area contributed by atoms with E-state index in [1.54, 1.807) is 13.8 Å². The molecule has 0 aromatic heterocycles. The Morgan fingerprint density at radius 1 is 1.21 bits per heavy atom. The van der Waals surface area contributed by atoms with E-state index in [9.17, 15) is 30.3 Å². The zero-order chi connectivity index (χ0) is 20.9. The van der Waals surface area contributed by atoms with E-state index in [0.29, 0.717) is 18.4 Å². The van der Waals surface area contributed by atoms with Gasteiger partial charge in [0.05, 0.1) is 18.8 Å². The molecule has 0 radical (unpaired) electrons. The van der Waals surface area contributed by atoms with Gasteiger partial charge in [0.15, 0.2) is 6.29 Å². The summed E-state index contributed by atoms with van der Waals surface area (Å²) in [6.07, 6.45) is -6.53. The second-order valence-electron chi connectivity index (χ2n) is 7.95. The lowest BCUT2D eigenvalue weighted by atomic mass is 9.78. The highest BCUT2D eigenvalue weighted by atomic mass is 16.8. The Kier molecular flexibility index (Phi) is 5.76. The van der Waals surface area contributed by atoms with Crippen LogP contribution in [0.4, 0.5) is 0 Å². The lowest BCUT2D eigenvalue weighted by Gasteiger charge is -2.47. The van der Waals surface area contributed by atoms with Crippen LogP contribution in [-0.2, 0) is 23.7 Å². The van der Waals surface area contributed by atoms with Crippen LogP contribution in [0.1, 0.15) is 33.6 Å². The first kappa shape index (κ1) is 21.4. The minimum Gasteiger partial charge on any atom is -0.472 e. The number of carbonyl (C=O) groups is 1. The van der Waals surface area contributed by atoms with Gasteiger partial charge in [-0.3, -0.25) is 4.79 Å². The molecule has 9 atom stereocenters. The van der Waals surface area contributed by atoms with E-state index in [1.165, 1.54) is 13.2 Å². The number of hydrogen-bond donors (Lipinski definition) is 5. The minimum atomic E-state index is -1.62. The van der Waals surface area contributed by atoms with Gasteiger partial charge in [-0.1, -0.05) is 0 Å². The standard InChI is InChI=1S/C18H28O10/c1-8-7-25-16(14-17(3,28-9(2)20)4-5-18(8,14)24)27-15-13(23)12(22)11(21)10(6-19)26-15/h7,10-16,19,21-24H,4-6H2,1-3H3/t10-,11-,12+,13+,14-,15-,16+,17+,18+/m1/s1. The molecule has 0 unspecified atom stereocenters. The van der Waals surface area contributed by atoms with Crippen molar-refractivity contribution in [3.8, 4) is 0 Å². The summed E-state index contributed by atoms with van der Waals surface area (Å²) in [6, 6.07) is 0. The fourth-order valence-electron chi connectivity index (χ4n) is 4.43. The van der Waals surface area contributed by atoms with E-state index in [2.05, 4.69) is 0 Å². The van der Waals surface area contributed by atoms with Gasteiger partial charge >= 0.3 is 5.97 Å². The predicted octanol–water partition coefficient (Wildman–Crippen LogP) is -1.47. The molecule has 1 aliphatic carbocycles. The number of hydrogen-bond acceptors (Lipinski definition) is 10. The van der Waals surface area contributed by atoms with E-state index < -0.39 is 66.7 Å². The molecule has 0 amide bonds. The van der Waals surface area contributed by atoms with Crippen LogP contribution in [0.25, 0.3) is 0 Å². The summed E-state index contributed by atoms with van der Waals surface area (Å²) in [7, 11) is 0. The first-order valence-electron chi connectivity index (χ1n) is 9.24. The lowest BCUT2D eigenvalue weighted by Crippen LogP contribution is -2.62. The summed E-state index contributed by atoms with van der Waals surface area (Å²) in [6.45, 7) is 4.02. The summed E-state index contributed by atoms with van der Waals surface area (Å²) in [4.78, 5) is 11.6. The summed E-state index contributed by atoms with van der Waals surface area (Å²) < 4.78 is 22.2. The number of ether oxygens (including phenoxy) is 4. The Balaban J connectivity index is 1.87. The summed E-state index contributed by atoms with van der Waals surface area (Å²) in [5, 5.41) is 50.6. The Labute approximate surface area is 162 Å². The van der Waals surface area contributed by atoms with Gasteiger partial charge in [0, 0.05) is 6.92 Å². The molecule has 0 aromatic carbocycles. The number of aliphatic hydroxyl groups is 5. The molecule has 3 rings (SSSR count). The highest BCUT2D eigenvalue weighted by Crippen LogP contribution is 2.53. The Morgan fingerprint density at radius 3 is 2.50 bits per heavy atom. The van der Waals surface area contributed by atoms with E-state index in [1.807, 2.05) is 0 Å². The van der Waals surface area contributed by atoms with E-state index in [4.69, 9.17) is 18.9 Å². The van der Waals surface area contributed by atoms with Gasteiger partial charge in [-0.05, 0) is 32.3 Å². The number of aliphatic hydroxyl groups excluding tert-OH is 4. The maximum absolute atomic E-state index is 11.6. The van der Waals surface area contributed by atoms with Crippen molar-refractivity contribution >= 4 is 5.97 Å². The van der Waals surface area contributed by atoms with Crippen LogP contribution < -0.4 is 0 Å². The molecule has 10 nitrogen and oxygen atoms in total. The molecule has 1 saturated heterocycles. The third-order valence-electron chi connectivity index (χ3n) is 6.00. The molecular formula is C18H28O10. The number of fused-ring (bicyclic) bond motifs is 1. The van der Waals surface area contributed by atoms with Crippen molar-refractivity contribution in [1.29, 1.82) is 0 Å². The number of carbonyl (C=O) groups excluding carboxylic acids is 1. The van der Waals surface area contributed by atoms with Crippen LogP contribution in [0.2, 0.25) is 0 Å². The van der Waals surface area contributed by atoms with Crippen LogP contribution in [0.3, 0.4) is 0 Å². The van der Waals surface area contributed by atoms with Crippen molar-refractivity contribution in [2.75, 3.05) is 6.61 Å². The zero-order valence-corrected chi connectivity index (χ0v) is 16.0. The fraction of sp³-hybridized carbons (Fsp3) is 0.833. The molecule has 1 saturated carbocycles. The molecule has 160 valence electrons. The average molecular weight is 404 g/mol. The van der Waals surface area contributed by atoms with Crippen molar-refractivity contribution < 1.29 is 49.3 Å². The maximum Gasteiger partial charge on any atom is 0.303 e. The van der Waals surface area contributed by atoms with Crippen molar-refractivity contribution in [1.82, 2.24) is 0 Å². The third-order valence-corrected chi connectivity index (χ3v) is 6.00. The monoisotopic (exact) mass is 404 g/mol. The predicted molar refractivity (Wildman–Crippen MR) is 91.3 cm³/mol. The second kappa shape index (κ2) is 7.52. The van der Waals surface area contributed by atoms with Gasteiger partial charge in [-0.15, -0.1) is 0 Å². The van der Waals surface area contributed by atoms with Crippen molar-refractivity contribution in [3.05, 3.63) is 11.8 Å². The largest absolute Gasteiger partial charge is 0.472 e. The zero-order valence-electron chi connectivity index (χ0n) is 16.0. The van der Waals surface area contributed by atoms with E-state index in [-0.39, 0.29) is 0 Å². The van der Waals surface area contributed by atoms with Crippen molar-refractivity contribution in [2.45, 2.75) is 81.8 Å².